The maximum absolute atomic E-state index is 12.1. The third-order valence-corrected chi connectivity index (χ3v) is 4.66. The number of rotatable bonds is 9. The first-order chi connectivity index (χ1) is 10.3. The van der Waals surface area contributed by atoms with Crippen LogP contribution in [0.4, 0.5) is 5.69 Å². The van der Waals surface area contributed by atoms with Crippen LogP contribution in [0.1, 0.15) is 50.4 Å². The van der Waals surface area contributed by atoms with E-state index in [2.05, 4.69) is 10.0 Å². The van der Waals surface area contributed by atoms with Gasteiger partial charge in [0.05, 0.1) is 10.5 Å². The van der Waals surface area contributed by atoms with Crippen molar-refractivity contribution in [1.29, 1.82) is 0 Å². The molecule has 0 aliphatic carbocycles. The van der Waals surface area contributed by atoms with Crippen molar-refractivity contribution in [3.8, 4) is 0 Å². The third-order valence-electron chi connectivity index (χ3n) is 3.20. The van der Waals surface area contributed by atoms with Gasteiger partial charge in [-0.25, -0.2) is 17.9 Å². The van der Waals surface area contributed by atoms with Crippen LogP contribution in [0.3, 0.4) is 0 Å². The fraction of sp³-hybridized carbons (Fsp3) is 0.533. The van der Waals surface area contributed by atoms with Gasteiger partial charge in [0.1, 0.15) is 0 Å². The molecule has 1 rings (SSSR count). The number of hydrogen-bond acceptors (Lipinski definition) is 4. The van der Waals surface area contributed by atoms with Crippen LogP contribution >= 0.6 is 0 Å². The van der Waals surface area contributed by atoms with E-state index < -0.39 is 16.0 Å². The summed E-state index contributed by atoms with van der Waals surface area (Å²) in [5.41, 5.74) is 0.394. The minimum atomic E-state index is -3.68. The van der Waals surface area contributed by atoms with Crippen LogP contribution in [0.2, 0.25) is 0 Å². The Hall–Kier alpha value is -1.60. The Kier molecular flexibility index (Phi) is 6.83. The van der Waals surface area contributed by atoms with Crippen molar-refractivity contribution in [3.05, 3.63) is 23.8 Å². The van der Waals surface area contributed by atoms with Gasteiger partial charge in [-0.15, -0.1) is 0 Å². The summed E-state index contributed by atoms with van der Waals surface area (Å²) in [6.07, 6.45) is 2.54. The number of anilines is 1. The number of aromatic carboxylic acids is 1. The van der Waals surface area contributed by atoms with E-state index in [4.69, 9.17) is 0 Å². The van der Waals surface area contributed by atoms with Gasteiger partial charge in [0.2, 0.25) is 10.0 Å². The lowest BCUT2D eigenvalue weighted by Crippen LogP contribution is -2.25. The Morgan fingerprint density at radius 1 is 1.27 bits per heavy atom. The molecule has 1 atom stereocenters. The van der Waals surface area contributed by atoms with Crippen molar-refractivity contribution in [2.24, 2.45) is 0 Å². The highest BCUT2D eigenvalue weighted by Gasteiger charge is 2.19. The first-order valence-electron chi connectivity index (χ1n) is 7.45. The first kappa shape index (κ1) is 18.4. The lowest BCUT2D eigenvalue weighted by Gasteiger charge is -2.17. The second kappa shape index (κ2) is 8.14. The van der Waals surface area contributed by atoms with Gasteiger partial charge in [0.25, 0.3) is 0 Å². The topological polar surface area (TPSA) is 95.5 Å². The summed E-state index contributed by atoms with van der Waals surface area (Å²) in [4.78, 5) is 11.4. The van der Waals surface area contributed by atoms with Gasteiger partial charge >= 0.3 is 5.97 Å². The largest absolute Gasteiger partial charge is 0.478 e. The summed E-state index contributed by atoms with van der Waals surface area (Å²) in [7, 11) is -3.68. The minimum absolute atomic E-state index is 0.0351. The molecule has 0 bridgehead atoms. The van der Waals surface area contributed by atoms with E-state index in [1.807, 2.05) is 20.8 Å². The van der Waals surface area contributed by atoms with Crippen LogP contribution in [-0.2, 0) is 10.0 Å². The van der Waals surface area contributed by atoms with Crippen LogP contribution in [0.25, 0.3) is 0 Å². The van der Waals surface area contributed by atoms with Crippen molar-refractivity contribution < 1.29 is 18.3 Å². The van der Waals surface area contributed by atoms with Gasteiger partial charge in [0.15, 0.2) is 0 Å². The SMILES string of the molecule is CCCNS(=O)(=O)c1ccc(N[C@@H](C)CCC)c(C(=O)O)c1. The molecule has 0 fully saturated rings. The zero-order chi connectivity index (χ0) is 16.8. The Bertz CT molecular complexity index is 614. The zero-order valence-electron chi connectivity index (χ0n) is 13.2. The Morgan fingerprint density at radius 2 is 1.95 bits per heavy atom. The number of carbonyl (C=O) groups is 1. The lowest BCUT2D eigenvalue weighted by atomic mass is 10.1. The summed E-state index contributed by atoms with van der Waals surface area (Å²) in [6, 6.07) is 4.24. The minimum Gasteiger partial charge on any atom is -0.478 e. The van der Waals surface area contributed by atoms with Gasteiger partial charge in [-0.05, 0) is 38.0 Å². The Balaban J connectivity index is 3.12. The normalized spacial score (nSPS) is 12.9. The molecule has 0 aliphatic heterocycles. The average molecular weight is 328 g/mol. The predicted molar refractivity (Wildman–Crippen MR) is 86.9 cm³/mol. The third kappa shape index (κ3) is 4.99. The highest BCUT2D eigenvalue weighted by atomic mass is 32.2. The number of nitrogens with one attached hydrogen (secondary N) is 2. The maximum Gasteiger partial charge on any atom is 0.337 e. The maximum atomic E-state index is 12.1. The summed E-state index contributed by atoms with van der Waals surface area (Å²) in [5.74, 6) is -1.15. The molecule has 0 aromatic heterocycles. The molecule has 0 aliphatic rings. The molecule has 0 radical (unpaired) electrons. The van der Waals surface area contributed by atoms with E-state index >= 15 is 0 Å². The molecular formula is C15H24N2O4S. The molecule has 7 heteroatoms. The molecule has 3 N–H and O–H groups in total. The highest BCUT2D eigenvalue weighted by Crippen LogP contribution is 2.22. The fourth-order valence-electron chi connectivity index (χ4n) is 2.08. The molecule has 1 aromatic rings. The smallest absolute Gasteiger partial charge is 0.337 e. The van der Waals surface area contributed by atoms with E-state index in [-0.39, 0.29) is 16.5 Å². The molecule has 124 valence electrons. The van der Waals surface area contributed by atoms with Gasteiger partial charge in [0, 0.05) is 18.3 Å². The Morgan fingerprint density at radius 3 is 2.50 bits per heavy atom. The monoisotopic (exact) mass is 328 g/mol. The van der Waals surface area contributed by atoms with E-state index in [1.165, 1.54) is 18.2 Å². The van der Waals surface area contributed by atoms with Crippen molar-refractivity contribution >= 4 is 21.7 Å². The summed E-state index contributed by atoms with van der Waals surface area (Å²) in [6.45, 7) is 6.18. The molecule has 0 amide bonds. The van der Waals surface area contributed by atoms with Gasteiger partial charge in [-0.3, -0.25) is 0 Å². The number of benzene rings is 1. The van der Waals surface area contributed by atoms with E-state index in [0.29, 0.717) is 18.7 Å². The van der Waals surface area contributed by atoms with E-state index in [1.54, 1.807) is 0 Å². The zero-order valence-corrected chi connectivity index (χ0v) is 14.0. The van der Waals surface area contributed by atoms with Gasteiger partial charge < -0.3 is 10.4 Å². The first-order valence-corrected chi connectivity index (χ1v) is 8.93. The van der Waals surface area contributed by atoms with Crippen molar-refractivity contribution in [2.45, 2.75) is 51.0 Å². The quantitative estimate of drug-likeness (QED) is 0.648. The summed E-state index contributed by atoms with van der Waals surface area (Å²) >= 11 is 0. The van der Waals surface area contributed by atoms with E-state index in [9.17, 15) is 18.3 Å². The molecule has 0 spiro atoms. The Labute approximate surface area is 132 Å². The number of hydrogen-bond donors (Lipinski definition) is 3. The van der Waals surface area contributed by atoms with Crippen LogP contribution in [0.15, 0.2) is 23.1 Å². The summed E-state index contributed by atoms with van der Waals surface area (Å²) in [5, 5.41) is 12.4. The van der Waals surface area contributed by atoms with Crippen molar-refractivity contribution in [1.82, 2.24) is 4.72 Å². The lowest BCUT2D eigenvalue weighted by molar-refractivity contribution is 0.0697. The highest BCUT2D eigenvalue weighted by molar-refractivity contribution is 7.89. The summed E-state index contributed by atoms with van der Waals surface area (Å²) < 4.78 is 26.6. The van der Waals surface area contributed by atoms with Gasteiger partial charge in [-0.1, -0.05) is 20.3 Å². The number of sulfonamides is 1. The average Bonchev–Trinajstić information content (AvgIpc) is 2.45. The van der Waals surface area contributed by atoms with Crippen LogP contribution < -0.4 is 10.0 Å². The molecule has 1 aromatic carbocycles. The fourth-order valence-corrected chi connectivity index (χ4v) is 3.24. The van der Waals surface area contributed by atoms with Crippen LogP contribution in [0.5, 0.6) is 0 Å². The van der Waals surface area contributed by atoms with Crippen molar-refractivity contribution in [2.75, 3.05) is 11.9 Å². The second-order valence-corrected chi connectivity index (χ2v) is 7.01. The van der Waals surface area contributed by atoms with Crippen LogP contribution in [0, 0.1) is 0 Å². The second-order valence-electron chi connectivity index (χ2n) is 5.24. The molecule has 22 heavy (non-hydrogen) atoms. The standard InChI is InChI=1S/C15H24N2O4S/c1-4-6-11(3)17-14-8-7-12(10-13(14)15(18)19)22(20,21)16-9-5-2/h7-8,10-11,16-17H,4-6,9H2,1-3H3,(H,18,19)/t11-/m0/s1. The van der Waals surface area contributed by atoms with Crippen LogP contribution in [-0.4, -0.2) is 32.1 Å². The molecule has 6 nitrogen and oxygen atoms in total. The molecule has 0 unspecified atom stereocenters. The molecular weight excluding hydrogens is 304 g/mol. The number of carboxylic acid groups (broad SMARTS) is 1. The van der Waals surface area contributed by atoms with Gasteiger partial charge in [-0.2, -0.15) is 0 Å². The predicted octanol–water partition coefficient (Wildman–Crippen LogP) is 2.67. The molecule has 0 heterocycles. The van der Waals surface area contributed by atoms with Crippen molar-refractivity contribution in [3.63, 3.8) is 0 Å². The molecule has 0 saturated heterocycles. The number of carboxylic acids is 1. The molecule has 0 saturated carbocycles. The van der Waals surface area contributed by atoms with E-state index in [0.717, 1.165) is 12.8 Å².